The lowest BCUT2D eigenvalue weighted by atomic mass is 10.0. The van der Waals surface area contributed by atoms with Crippen molar-refractivity contribution in [2.45, 2.75) is 37.1 Å². The lowest BCUT2D eigenvalue weighted by molar-refractivity contribution is 0.159. The van der Waals surface area contributed by atoms with Gasteiger partial charge in [-0.15, -0.1) is 0 Å². The molecule has 0 radical (unpaired) electrons. The van der Waals surface area contributed by atoms with E-state index in [1.54, 1.807) is 0 Å². The molecule has 2 unspecified atom stereocenters. The lowest BCUT2D eigenvalue weighted by Crippen LogP contribution is -2.48. The van der Waals surface area contributed by atoms with Gasteiger partial charge in [0.2, 0.25) is 0 Å². The average Bonchev–Trinajstić information content (AvgIpc) is 2.48. The van der Waals surface area contributed by atoms with Crippen LogP contribution in [-0.4, -0.2) is 40.0 Å². The van der Waals surface area contributed by atoms with Gasteiger partial charge in [0, 0.05) is 29.8 Å². The van der Waals surface area contributed by atoms with Crippen LogP contribution in [-0.2, 0) is 10.8 Å². The van der Waals surface area contributed by atoms with Crippen molar-refractivity contribution in [1.29, 1.82) is 0 Å². The minimum atomic E-state index is -1.05. The van der Waals surface area contributed by atoms with Crippen molar-refractivity contribution in [3.63, 3.8) is 0 Å². The molecule has 0 bridgehead atoms. The van der Waals surface area contributed by atoms with E-state index < -0.39 is 10.8 Å². The molecule has 110 valence electrons. The molecule has 1 heterocycles. The first-order chi connectivity index (χ1) is 9.68. The smallest absolute Gasteiger partial charge is 0.317 e. The second-order valence-corrected chi connectivity index (χ2v) is 6.70. The van der Waals surface area contributed by atoms with Gasteiger partial charge in [-0.2, -0.15) is 0 Å². The molecule has 2 atom stereocenters. The Labute approximate surface area is 123 Å². The van der Waals surface area contributed by atoms with E-state index in [0.717, 1.165) is 24.3 Å². The first-order valence-electron chi connectivity index (χ1n) is 7.16. The van der Waals surface area contributed by atoms with Gasteiger partial charge in [-0.25, -0.2) is 4.79 Å². The summed E-state index contributed by atoms with van der Waals surface area (Å²) >= 11 is 0. The van der Waals surface area contributed by atoms with Gasteiger partial charge in [-0.05, 0) is 38.3 Å². The van der Waals surface area contributed by atoms with Crippen LogP contribution in [0.5, 0.6) is 0 Å². The van der Waals surface area contributed by atoms with Gasteiger partial charge in [0.25, 0.3) is 0 Å². The molecule has 0 saturated carbocycles. The Morgan fingerprint density at radius 3 is 2.80 bits per heavy atom. The summed E-state index contributed by atoms with van der Waals surface area (Å²) in [5, 5.41) is 2.88. The molecule has 4 nitrogen and oxygen atoms in total. The standard InChI is InChI=1S/C15H22N2O2S/c1-13-7-5-6-11-17(13)15(18)16-10-12-20(19)14-8-3-2-4-9-14/h2-4,8-9,13H,5-7,10-12H2,1H3,(H,16,18). The SMILES string of the molecule is CC1CCCCN1C(=O)NCCS(=O)c1ccccc1. The topological polar surface area (TPSA) is 49.4 Å². The molecule has 1 aromatic rings. The molecule has 0 aliphatic carbocycles. The van der Waals surface area contributed by atoms with Gasteiger partial charge in [0.05, 0.1) is 10.8 Å². The Bertz CT molecular complexity index is 464. The summed E-state index contributed by atoms with van der Waals surface area (Å²) in [5.41, 5.74) is 0. The molecule has 5 heteroatoms. The zero-order valence-electron chi connectivity index (χ0n) is 11.9. The number of hydrogen-bond donors (Lipinski definition) is 1. The number of nitrogens with one attached hydrogen (secondary N) is 1. The predicted octanol–water partition coefficient (Wildman–Crippen LogP) is 2.38. The van der Waals surface area contributed by atoms with Crippen LogP contribution in [0.25, 0.3) is 0 Å². The fourth-order valence-electron chi connectivity index (χ4n) is 2.44. The number of amides is 2. The molecule has 1 saturated heterocycles. The highest BCUT2D eigenvalue weighted by atomic mass is 32.2. The highest BCUT2D eigenvalue weighted by molar-refractivity contribution is 7.85. The normalized spacial score (nSPS) is 20.4. The second-order valence-electron chi connectivity index (χ2n) is 5.13. The van der Waals surface area contributed by atoms with Crippen molar-refractivity contribution in [3.8, 4) is 0 Å². The maximum atomic E-state index is 12.0. The van der Waals surface area contributed by atoms with Crippen LogP contribution < -0.4 is 5.32 Å². The predicted molar refractivity (Wildman–Crippen MR) is 81.1 cm³/mol. The Morgan fingerprint density at radius 1 is 1.35 bits per heavy atom. The molecule has 2 amide bonds. The minimum Gasteiger partial charge on any atom is -0.337 e. The number of nitrogens with zero attached hydrogens (tertiary/aromatic N) is 1. The van der Waals surface area contributed by atoms with Gasteiger partial charge in [0.1, 0.15) is 0 Å². The zero-order valence-corrected chi connectivity index (χ0v) is 12.7. The van der Waals surface area contributed by atoms with Gasteiger partial charge in [-0.1, -0.05) is 18.2 Å². The van der Waals surface area contributed by atoms with Crippen LogP contribution >= 0.6 is 0 Å². The molecule has 1 aliphatic heterocycles. The summed E-state index contributed by atoms with van der Waals surface area (Å²) in [6, 6.07) is 9.64. The summed E-state index contributed by atoms with van der Waals surface area (Å²) in [4.78, 5) is 14.7. The van der Waals surface area contributed by atoms with E-state index >= 15 is 0 Å². The van der Waals surface area contributed by atoms with E-state index in [1.807, 2.05) is 35.2 Å². The van der Waals surface area contributed by atoms with Crippen molar-refractivity contribution >= 4 is 16.8 Å². The quantitative estimate of drug-likeness (QED) is 0.927. The summed E-state index contributed by atoms with van der Waals surface area (Å²) in [5.74, 6) is 0.456. The van der Waals surface area contributed by atoms with Crippen molar-refractivity contribution in [1.82, 2.24) is 10.2 Å². The zero-order chi connectivity index (χ0) is 14.4. The van der Waals surface area contributed by atoms with Gasteiger partial charge in [0.15, 0.2) is 0 Å². The number of piperidine rings is 1. The third kappa shape index (κ3) is 4.07. The number of carbonyl (C=O) groups is 1. The molecule has 0 spiro atoms. The average molecular weight is 294 g/mol. The Morgan fingerprint density at radius 2 is 2.10 bits per heavy atom. The van der Waals surface area contributed by atoms with E-state index in [-0.39, 0.29) is 6.03 Å². The summed E-state index contributed by atoms with van der Waals surface area (Å²) < 4.78 is 12.0. The minimum absolute atomic E-state index is 0.0257. The van der Waals surface area contributed by atoms with Crippen LogP contribution in [0.2, 0.25) is 0 Å². The maximum absolute atomic E-state index is 12.0. The van der Waals surface area contributed by atoms with E-state index in [1.165, 1.54) is 6.42 Å². The number of benzene rings is 1. The largest absolute Gasteiger partial charge is 0.337 e. The van der Waals surface area contributed by atoms with Crippen LogP contribution in [0.3, 0.4) is 0 Å². The summed E-state index contributed by atoms with van der Waals surface area (Å²) in [7, 11) is -1.05. The second kappa shape index (κ2) is 7.43. The molecule has 1 N–H and O–H groups in total. The fourth-order valence-corrected chi connectivity index (χ4v) is 3.43. The molecular formula is C15H22N2O2S. The van der Waals surface area contributed by atoms with Gasteiger partial charge in [-0.3, -0.25) is 4.21 Å². The molecule has 1 fully saturated rings. The highest BCUT2D eigenvalue weighted by Crippen LogP contribution is 2.16. The van der Waals surface area contributed by atoms with Crippen LogP contribution in [0, 0.1) is 0 Å². The third-order valence-corrected chi connectivity index (χ3v) is 5.01. The summed E-state index contributed by atoms with van der Waals surface area (Å²) in [6.07, 6.45) is 3.35. The Kier molecular flexibility index (Phi) is 5.59. The summed E-state index contributed by atoms with van der Waals surface area (Å²) in [6.45, 7) is 3.36. The Balaban J connectivity index is 1.75. The maximum Gasteiger partial charge on any atom is 0.317 e. The molecule has 2 rings (SSSR count). The molecule has 1 aliphatic rings. The van der Waals surface area contributed by atoms with Crippen molar-refractivity contribution in [2.75, 3.05) is 18.8 Å². The highest BCUT2D eigenvalue weighted by Gasteiger charge is 2.22. The van der Waals surface area contributed by atoms with Crippen LogP contribution in [0.1, 0.15) is 26.2 Å². The van der Waals surface area contributed by atoms with E-state index in [9.17, 15) is 9.00 Å². The van der Waals surface area contributed by atoms with E-state index in [0.29, 0.717) is 18.3 Å². The number of likely N-dealkylation sites (tertiary alicyclic amines) is 1. The molecular weight excluding hydrogens is 272 g/mol. The van der Waals surface area contributed by atoms with Gasteiger partial charge < -0.3 is 10.2 Å². The third-order valence-electron chi connectivity index (χ3n) is 3.63. The van der Waals surface area contributed by atoms with Crippen LogP contribution in [0.15, 0.2) is 35.2 Å². The van der Waals surface area contributed by atoms with Gasteiger partial charge >= 0.3 is 6.03 Å². The number of hydrogen-bond acceptors (Lipinski definition) is 2. The first kappa shape index (κ1) is 15.0. The van der Waals surface area contributed by atoms with Crippen molar-refractivity contribution in [3.05, 3.63) is 30.3 Å². The number of rotatable bonds is 4. The number of carbonyl (C=O) groups excluding carboxylic acids is 1. The van der Waals surface area contributed by atoms with Crippen LogP contribution in [0.4, 0.5) is 4.79 Å². The molecule has 1 aromatic carbocycles. The van der Waals surface area contributed by atoms with E-state index in [4.69, 9.17) is 0 Å². The monoisotopic (exact) mass is 294 g/mol. The lowest BCUT2D eigenvalue weighted by Gasteiger charge is -2.33. The fraction of sp³-hybridized carbons (Fsp3) is 0.533. The van der Waals surface area contributed by atoms with Crippen molar-refractivity contribution in [2.24, 2.45) is 0 Å². The molecule has 0 aromatic heterocycles. The van der Waals surface area contributed by atoms with E-state index in [2.05, 4.69) is 12.2 Å². The molecule has 20 heavy (non-hydrogen) atoms. The number of urea groups is 1. The Hall–Kier alpha value is -1.36. The van der Waals surface area contributed by atoms with Crippen molar-refractivity contribution < 1.29 is 9.00 Å². The first-order valence-corrected chi connectivity index (χ1v) is 8.48.